The van der Waals surface area contributed by atoms with Crippen molar-refractivity contribution in [3.05, 3.63) is 71.7 Å². The van der Waals surface area contributed by atoms with Crippen LogP contribution in [-0.4, -0.2) is 37.0 Å². The Morgan fingerprint density at radius 2 is 1.74 bits per heavy atom. The number of Topliss-reactive ketones (excluding diaryl/α,β-unsaturated/α-hetero) is 1. The third-order valence-corrected chi connectivity index (χ3v) is 7.05. The van der Waals surface area contributed by atoms with Crippen LogP contribution in [0.15, 0.2) is 59.2 Å². The number of amides is 2. The number of carbonyl (C=O) groups is 3. The number of hydrogen-bond donors (Lipinski definition) is 1. The van der Waals surface area contributed by atoms with Crippen molar-refractivity contribution in [1.82, 2.24) is 5.32 Å². The van der Waals surface area contributed by atoms with Crippen molar-refractivity contribution in [3.63, 3.8) is 0 Å². The highest BCUT2D eigenvalue weighted by Gasteiger charge is 2.38. The zero-order valence-corrected chi connectivity index (χ0v) is 22.1. The predicted molar refractivity (Wildman–Crippen MR) is 143 cm³/mol. The van der Waals surface area contributed by atoms with E-state index in [9.17, 15) is 14.4 Å². The Balaban J connectivity index is 1.66. The van der Waals surface area contributed by atoms with E-state index in [2.05, 4.69) is 5.32 Å². The van der Waals surface area contributed by atoms with E-state index in [1.54, 1.807) is 42.5 Å². The van der Waals surface area contributed by atoms with Crippen LogP contribution in [0.5, 0.6) is 17.2 Å². The van der Waals surface area contributed by atoms with Gasteiger partial charge >= 0.3 is 0 Å². The number of ketones is 1. The molecular weight excluding hydrogens is 500 g/mol. The maximum Gasteiger partial charge on any atom is 0.294 e. The van der Waals surface area contributed by atoms with Crippen molar-refractivity contribution >= 4 is 23.3 Å². The van der Waals surface area contributed by atoms with E-state index in [-0.39, 0.29) is 41.5 Å². The maximum absolute atomic E-state index is 14.1. The van der Waals surface area contributed by atoms with Gasteiger partial charge in [0.1, 0.15) is 11.8 Å². The van der Waals surface area contributed by atoms with E-state index in [0.717, 1.165) is 32.1 Å². The van der Waals surface area contributed by atoms with Gasteiger partial charge < -0.3 is 23.9 Å². The summed E-state index contributed by atoms with van der Waals surface area (Å²) in [5, 5.41) is 3.17. The van der Waals surface area contributed by atoms with Crippen molar-refractivity contribution in [2.45, 2.75) is 58.0 Å². The third kappa shape index (κ3) is 5.62. The zero-order valence-electron chi connectivity index (χ0n) is 22.1. The molecule has 2 heterocycles. The van der Waals surface area contributed by atoms with E-state index in [1.165, 1.54) is 24.2 Å². The summed E-state index contributed by atoms with van der Waals surface area (Å²) in [5.74, 6) is 0.243. The number of anilines is 1. The predicted octanol–water partition coefficient (Wildman–Crippen LogP) is 5.45. The van der Waals surface area contributed by atoms with Crippen LogP contribution < -0.4 is 24.4 Å². The lowest BCUT2D eigenvalue weighted by atomic mass is 9.94. The lowest BCUT2D eigenvalue weighted by molar-refractivity contribution is -0.123. The summed E-state index contributed by atoms with van der Waals surface area (Å²) in [7, 11) is 0. The first-order chi connectivity index (χ1) is 19.0. The number of ether oxygens (including phenoxy) is 3. The van der Waals surface area contributed by atoms with Gasteiger partial charge in [-0.15, -0.1) is 0 Å². The number of nitrogens with one attached hydrogen (secondary N) is 1. The number of rotatable bonds is 9. The molecule has 1 saturated carbocycles. The van der Waals surface area contributed by atoms with Crippen molar-refractivity contribution < 1.29 is 33.0 Å². The second-order valence-corrected chi connectivity index (χ2v) is 9.68. The second-order valence-electron chi connectivity index (χ2n) is 9.68. The molecule has 2 amide bonds. The average molecular weight is 533 g/mol. The third-order valence-electron chi connectivity index (χ3n) is 7.05. The molecule has 0 spiro atoms. The van der Waals surface area contributed by atoms with Gasteiger partial charge in [-0.3, -0.25) is 19.3 Å². The fraction of sp³-hybridized carbons (Fsp3) is 0.367. The van der Waals surface area contributed by atoms with Crippen LogP contribution >= 0.6 is 0 Å². The van der Waals surface area contributed by atoms with Crippen LogP contribution in [0.25, 0.3) is 0 Å². The van der Waals surface area contributed by atoms with Crippen LogP contribution in [0.2, 0.25) is 0 Å². The van der Waals surface area contributed by atoms with Gasteiger partial charge in [0.05, 0.1) is 18.6 Å². The molecule has 0 radical (unpaired) electrons. The fourth-order valence-electron chi connectivity index (χ4n) is 5.16. The molecule has 39 heavy (non-hydrogen) atoms. The summed E-state index contributed by atoms with van der Waals surface area (Å²) in [6, 6.07) is 12.2. The van der Waals surface area contributed by atoms with Crippen LogP contribution in [0.1, 0.15) is 78.5 Å². The van der Waals surface area contributed by atoms with Gasteiger partial charge in [0.2, 0.25) is 12.7 Å². The molecule has 1 aliphatic carbocycles. The molecule has 1 unspecified atom stereocenters. The molecule has 2 aromatic carbocycles. The first-order valence-electron chi connectivity index (χ1n) is 13.3. The Morgan fingerprint density at radius 3 is 2.38 bits per heavy atom. The van der Waals surface area contributed by atoms with E-state index < -0.39 is 11.9 Å². The number of hydrogen-bond acceptors (Lipinski definition) is 7. The van der Waals surface area contributed by atoms with Crippen LogP contribution in [0.3, 0.4) is 0 Å². The maximum atomic E-state index is 14.1. The van der Waals surface area contributed by atoms with Crippen molar-refractivity contribution in [3.8, 4) is 17.2 Å². The first-order valence-corrected chi connectivity index (χ1v) is 13.3. The highest BCUT2D eigenvalue weighted by molar-refractivity contribution is 6.13. The molecular formula is C30H32N2O7. The van der Waals surface area contributed by atoms with Crippen molar-refractivity contribution in [2.75, 3.05) is 18.3 Å². The van der Waals surface area contributed by atoms with E-state index >= 15 is 0 Å². The lowest BCUT2D eigenvalue weighted by Gasteiger charge is -2.34. The molecule has 1 N–H and O–H groups in total. The summed E-state index contributed by atoms with van der Waals surface area (Å²) < 4.78 is 22.2. The zero-order chi connectivity index (χ0) is 27.4. The Hall–Kier alpha value is -4.27. The Labute approximate surface area is 227 Å². The molecule has 3 aromatic rings. The van der Waals surface area contributed by atoms with Crippen LogP contribution in [0.4, 0.5) is 5.69 Å². The van der Waals surface area contributed by atoms with Crippen molar-refractivity contribution in [2.24, 2.45) is 0 Å². The molecule has 0 saturated heterocycles. The smallest absolute Gasteiger partial charge is 0.294 e. The van der Waals surface area contributed by atoms with E-state index in [1.807, 2.05) is 6.92 Å². The summed E-state index contributed by atoms with van der Waals surface area (Å²) in [5.41, 5.74) is 1.00. The monoisotopic (exact) mass is 532 g/mol. The van der Waals surface area contributed by atoms with Gasteiger partial charge in [0.25, 0.3) is 5.91 Å². The van der Waals surface area contributed by atoms with Gasteiger partial charge in [-0.1, -0.05) is 31.4 Å². The normalized spacial score (nSPS) is 15.4. The molecule has 1 fully saturated rings. The number of furan rings is 1. The van der Waals surface area contributed by atoms with Gasteiger partial charge in [-0.25, -0.2) is 0 Å². The molecule has 1 atom stereocenters. The van der Waals surface area contributed by atoms with Gasteiger partial charge in [0.15, 0.2) is 23.0 Å². The summed E-state index contributed by atoms with van der Waals surface area (Å²) in [6.45, 7) is 3.78. The Bertz CT molecular complexity index is 1330. The Kier molecular flexibility index (Phi) is 7.86. The minimum Gasteiger partial charge on any atom is -0.494 e. The highest BCUT2D eigenvalue weighted by atomic mass is 16.7. The average Bonchev–Trinajstić information content (AvgIpc) is 3.64. The van der Waals surface area contributed by atoms with Crippen molar-refractivity contribution in [1.29, 1.82) is 0 Å². The topological polar surface area (TPSA) is 107 Å². The number of nitrogens with zero attached hydrogens (tertiary/aromatic N) is 1. The number of benzene rings is 2. The van der Waals surface area contributed by atoms with Gasteiger partial charge in [-0.2, -0.15) is 0 Å². The SMILES string of the molecule is CCOc1ccc(C(C(=O)NC2CCCCC2)N(C(=O)c2ccco2)c2cc3c(cc2C(C)=O)OCO3)cc1. The second kappa shape index (κ2) is 11.6. The largest absolute Gasteiger partial charge is 0.494 e. The van der Waals surface area contributed by atoms with E-state index in [0.29, 0.717) is 29.4 Å². The fourth-order valence-corrected chi connectivity index (χ4v) is 5.16. The molecule has 9 nitrogen and oxygen atoms in total. The standard InChI is InChI=1S/C30H32N2O7/c1-3-36-22-13-11-20(12-14-22)28(29(34)31-21-8-5-4-6-9-21)32(30(35)25-10-7-15-37-25)24-17-27-26(38-18-39-27)16-23(24)19(2)33/h7,10-17,21,28H,3-6,8-9,18H2,1-2H3,(H,31,34). The molecule has 0 bridgehead atoms. The minimum absolute atomic E-state index is 0.000967. The molecule has 9 heteroatoms. The van der Waals surface area contributed by atoms with Crippen LogP contribution in [0, 0.1) is 0 Å². The molecule has 2 aliphatic rings. The lowest BCUT2D eigenvalue weighted by Crippen LogP contribution is -2.47. The molecule has 204 valence electrons. The van der Waals surface area contributed by atoms with Gasteiger partial charge in [0, 0.05) is 17.7 Å². The van der Waals surface area contributed by atoms with E-state index in [4.69, 9.17) is 18.6 Å². The van der Waals surface area contributed by atoms with Gasteiger partial charge in [-0.05, 0) is 62.6 Å². The first kappa shape index (κ1) is 26.3. The number of fused-ring (bicyclic) bond motifs is 1. The van der Waals surface area contributed by atoms with Crippen LogP contribution in [-0.2, 0) is 4.79 Å². The molecule has 1 aromatic heterocycles. The molecule has 1 aliphatic heterocycles. The molecule has 5 rings (SSSR count). The number of carbonyl (C=O) groups excluding carboxylic acids is 3. The summed E-state index contributed by atoms with van der Waals surface area (Å²) in [6.07, 6.45) is 6.34. The highest BCUT2D eigenvalue weighted by Crippen LogP contribution is 2.42. The summed E-state index contributed by atoms with van der Waals surface area (Å²) in [4.78, 5) is 42.4. The summed E-state index contributed by atoms with van der Waals surface area (Å²) >= 11 is 0. The minimum atomic E-state index is -1.11. The Morgan fingerprint density at radius 1 is 1.03 bits per heavy atom. The quantitative estimate of drug-likeness (QED) is 0.365.